The van der Waals surface area contributed by atoms with Crippen molar-refractivity contribution in [3.63, 3.8) is 0 Å². The molecule has 168 valence electrons. The first-order chi connectivity index (χ1) is 15.2. The third-order valence-corrected chi connectivity index (χ3v) is 5.28. The first-order valence-electron chi connectivity index (χ1n) is 11.4. The second-order valence-corrected chi connectivity index (χ2v) is 7.84. The molecular weight excluding hydrogens is 386 g/mol. The van der Waals surface area contributed by atoms with Gasteiger partial charge in [-0.3, -0.25) is 0 Å². The van der Waals surface area contributed by atoms with E-state index in [1.807, 2.05) is 30.3 Å². The van der Waals surface area contributed by atoms with Crippen molar-refractivity contribution >= 4 is 5.97 Å². The molecular formula is C27H37NO3. The molecule has 4 heteroatoms. The minimum atomic E-state index is -0.309. The first kappa shape index (κ1) is 24.7. The molecule has 2 aromatic carbocycles. The van der Waals surface area contributed by atoms with Gasteiger partial charge in [0.25, 0.3) is 0 Å². The largest absolute Gasteiger partial charge is 0.494 e. The molecule has 0 aromatic heterocycles. The van der Waals surface area contributed by atoms with Crippen molar-refractivity contribution in [2.75, 3.05) is 13.7 Å². The maximum atomic E-state index is 11.5. The Balaban J connectivity index is 1.55. The lowest BCUT2D eigenvalue weighted by molar-refractivity contribution is 0.0600. The average Bonchev–Trinajstić information content (AvgIpc) is 2.81. The third-order valence-electron chi connectivity index (χ3n) is 5.28. The Hall–Kier alpha value is -2.59. The van der Waals surface area contributed by atoms with Gasteiger partial charge in [-0.1, -0.05) is 62.4 Å². The lowest BCUT2D eigenvalue weighted by atomic mass is 10.1. The molecule has 0 aliphatic heterocycles. The van der Waals surface area contributed by atoms with Gasteiger partial charge in [0.05, 0.1) is 19.3 Å². The number of allylic oxidation sites excluding steroid dienone is 1. The summed E-state index contributed by atoms with van der Waals surface area (Å²) in [6.07, 6.45) is 12.1. The van der Waals surface area contributed by atoms with E-state index in [1.165, 1.54) is 51.2 Å². The van der Waals surface area contributed by atoms with E-state index in [1.54, 1.807) is 12.1 Å². The molecule has 2 aromatic rings. The van der Waals surface area contributed by atoms with Crippen LogP contribution in [0.5, 0.6) is 5.75 Å². The summed E-state index contributed by atoms with van der Waals surface area (Å²) in [6.45, 7) is 6.08. The van der Waals surface area contributed by atoms with Crippen molar-refractivity contribution in [3.8, 4) is 5.75 Å². The fourth-order valence-electron chi connectivity index (χ4n) is 3.40. The highest BCUT2D eigenvalue weighted by molar-refractivity contribution is 5.89. The van der Waals surface area contributed by atoms with Gasteiger partial charge in [-0.2, -0.15) is 0 Å². The Morgan fingerprint density at radius 2 is 1.39 bits per heavy atom. The van der Waals surface area contributed by atoms with Gasteiger partial charge in [0.1, 0.15) is 5.75 Å². The minimum Gasteiger partial charge on any atom is -0.494 e. The van der Waals surface area contributed by atoms with Crippen LogP contribution in [0, 0.1) is 0 Å². The van der Waals surface area contributed by atoms with Gasteiger partial charge in [0, 0.05) is 13.1 Å². The van der Waals surface area contributed by atoms with Crippen LogP contribution in [-0.2, 0) is 17.8 Å². The van der Waals surface area contributed by atoms with Gasteiger partial charge in [-0.15, -0.1) is 6.58 Å². The normalized spacial score (nSPS) is 10.6. The predicted octanol–water partition coefficient (Wildman–Crippen LogP) is 6.45. The number of ether oxygens (including phenoxy) is 2. The van der Waals surface area contributed by atoms with E-state index in [9.17, 15) is 4.79 Å². The number of unbranched alkanes of at least 4 members (excludes halogenated alkanes) is 7. The number of carbonyl (C=O) groups excluding carboxylic acids is 1. The smallest absolute Gasteiger partial charge is 0.337 e. The summed E-state index contributed by atoms with van der Waals surface area (Å²) >= 11 is 0. The Labute approximate surface area is 187 Å². The van der Waals surface area contributed by atoms with Crippen molar-refractivity contribution < 1.29 is 14.3 Å². The minimum absolute atomic E-state index is 0.309. The van der Waals surface area contributed by atoms with E-state index in [2.05, 4.69) is 24.0 Å². The number of benzene rings is 2. The number of hydrogen-bond acceptors (Lipinski definition) is 4. The van der Waals surface area contributed by atoms with Crippen molar-refractivity contribution in [1.29, 1.82) is 0 Å². The summed E-state index contributed by atoms with van der Waals surface area (Å²) in [5, 5.41) is 3.43. The molecule has 4 nitrogen and oxygen atoms in total. The Kier molecular flexibility index (Phi) is 12.1. The zero-order valence-corrected chi connectivity index (χ0v) is 18.9. The van der Waals surface area contributed by atoms with Gasteiger partial charge >= 0.3 is 5.97 Å². The van der Waals surface area contributed by atoms with E-state index in [4.69, 9.17) is 9.47 Å². The molecule has 1 N–H and O–H groups in total. The van der Waals surface area contributed by atoms with Crippen LogP contribution in [-0.4, -0.2) is 19.7 Å². The van der Waals surface area contributed by atoms with Crippen LogP contribution in [0.2, 0.25) is 0 Å². The van der Waals surface area contributed by atoms with Gasteiger partial charge < -0.3 is 14.8 Å². The Bertz CT molecular complexity index is 753. The van der Waals surface area contributed by atoms with Crippen LogP contribution in [0.25, 0.3) is 0 Å². The fourth-order valence-corrected chi connectivity index (χ4v) is 3.40. The molecule has 2 rings (SSSR count). The number of nitrogens with one attached hydrogen (secondary N) is 1. The number of hydrogen-bond donors (Lipinski definition) is 1. The van der Waals surface area contributed by atoms with Crippen LogP contribution in [0.1, 0.15) is 72.9 Å². The first-order valence-corrected chi connectivity index (χ1v) is 11.4. The maximum absolute atomic E-state index is 11.5. The van der Waals surface area contributed by atoms with Gasteiger partial charge in [-0.05, 0) is 54.7 Å². The van der Waals surface area contributed by atoms with Crippen LogP contribution in [0.15, 0.2) is 61.2 Å². The summed E-state index contributed by atoms with van der Waals surface area (Å²) < 4.78 is 10.6. The molecule has 0 atom stereocenters. The molecule has 0 amide bonds. The summed E-state index contributed by atoms with van der Waals surface area (Å²) in [7, 11) is 1.39. The lowest BCUT2D eigenvalue weighted by Crippen LogP contribution is -2.12. The molecule has 0 unspecified atom stereocenters. The Morgan fingerprint density at radius 1 is 0.839 bits per heavy atom. The number of rotatable bonds is 16. The highest BCUT2D eigenvalue weighted by atomic mass is 16.5. The number of carbonyl (C=O) groups is 1. The van der Waals surface area contributed by atoms with Crippen LogP contribution in [0.4, 0.5) is 0 Å². The Morgan fingerprint density at radius 3 is 1.97 bits per heavy atom. The van der Waals surface area contributed by atoms with Crippen molar-refractivity contribution in [2.45, 2.75) is 64.5 Å². The highest BCUT2D eigenvalue weighted by Crippen LogP contribution is 2.14. The molecule has 0 aliphatic rings. The average molecular weight is 424 g/mol. The number of methoxy groups -OCH3 is 1. The second kappa shape index (κ2) is 15.2. The monoisotopic (exact) mass is 423 g/mol. The molecule has 31 heavy (non-hydrogen) atoms. The van der Waals surface area contributed by atoms with Crippen LogP contribution in [0.3, 0.4) is 0 Å². The molecule has 0 saturated carbocycles. The summed E-state index contributed by atoms with van der Waals surface area (Å²) in [5.41, 5.74) is 2.92. The quantitative estimate of drug-likeness (QED) is 0.191. The topological polar surface area (TPSA) is 47.6 Å². The zero-order chi connectivity index (χ0) is 22.2. The standard InChI is InChI=1S/C27H37NO3/c1-3-4-5-6-7-8-9-10-11-20-31-26-18-14-24(15-19-26)22-28-21-23-12-16-25(17-13-23)27(29)30-2/h3,12-19,28H,1,4-11,20-22H2,2H3. The van der Waals surface area contributed by atoms with Crippen molar-refractivity contribution in [2.24, 2.45) is 0 Å². The van der Waals surface area contributed by atoms with Crippen molar-refractivity contribution in [1.82, 2.24) is 5.32 Å². The van der Waals surface area contributed by atoms with Crippen molar-refractivity contribution in [3.05, 3.63) is 77.9 Å². The second-order valence-electron chi connectivity index (χ2n) is 7.84. The predicted molar refractivity (Wildman–Crippen MR) is 127 cm³/mol. The number of esters is 1. The van der Waals surface area contributed by atoms with E-state index >= 15 is 0 Å². The van der Waals surface area contributed by atoms with E-state index in [0.29, 0.717) is 5.56 Å². The van der Waals surface area contributed by atoms with Crippen LogP contribution >= 0.6 is 0 Å². The van der Waals surface area contributed by atoms with Gasteiger partial charge in [-0.25, -0.2) is 4.79 Å². The summed E-state index contributed by atoms with van der Waals surface area (Å²) in [5.74, 6) is 0.628. The highest BCUT2D eigenvalue weighted by Gasteiger charge is 2.04. The molecule has 0 bridgehead atoms. The van der Waals surface area contributed by atoms with Gasteiger partial charge in [0.2, 0.25) is 0 Å². The third kappa shape index (κ3) is 10.3. The van der Waals surface area contributed by atoms with E-state index < -0.39 is 0 Å². The molecule has 0 heterocycles. The lowest BCUT2D eigenvalue weighted by Gasteiger charge is -2.09. The molecule has 0 radical (unpaired) electrons. The molecule has 0 saturated heterocycles. The molecule has 0 fully saturated rings. The van der Waals surface area contributed by atoms with Gasteiger partial charge in [0.15, 0.2) is 0 Å². The molecule has 0 aliphatic carbocycles. The fraction of sp³-hybridized carbons (Fsp3) is 0.444. The maximum Gasteiger partial charge on any atom is 0.337 e. The van der Waals surface area contributed by atoms with Crippen LogP contribution < -0.4 is 10.1 Å². The SMILES string of the molecule is C=CCCCCCCCCCOc1ccc(CNCc2ccc(C(=O)OC)cc2)cc1. The summed E-state index contributed by atoms with van der Waals surface area (Å²) in [6, 6.07) is 15.8. The van der Waals surface area contributed by atoms with E-state index in [0.717, 1.165) is 43.9 Å². The summed E-state index contributed by atoms with van der Waals surface area (Å²) in [4.78, 5) is 11.5. The zero-order valence-electron chi connectivity index (χ0n) is 18.9. The molecule has 0 spiro atoms. The van der Waals surface area contributed by atoms with E-state index in [-0.39, 0.29) is 5.97 Å².